The SMILES string of the molecule is Cc1cccc(C)c1B1OCc2ccc(NC(=O)c3ccccc3C(F)(F)F)cc21. The number of amides is 1. The topological polar surface area (TPSA) is 38.3 Å². The molecule has 7 heteroatoms. The van der Waals surface area contributed by atoms with Gasteiger partial charge in [-0.15, -0.1) is 0 Å². The number of rotatable bonds is 3. The van der Waals surface area contributed by atoms with E-state index in [1.165, 1.54) is 18.2 Å². The largest absolute Gasteiger partial charge is 0.423 e. The molecule has 152 valence electrons. The van der Waals surface area contributed by atoms with Gasteiger partial charge in [-0.05, 0) is 54.6 Å². The van der Waals surface area contributed by atoms with Crippen molar-refractivity contribution in [1.82, 2.24) is 0 Å². The Balaban J connectivity index is 1.66. The molecular formula is C23H19BF3NO2. The van der Waals surface area contributed by atoms with Crippen molar-refractivity contribution in [3.63, 3.8) is 0 Å². The first-order valence-electron chi connectivity index (χ1n) is 9.54. The van der Waals surface area contributed by atoms with E-state index < -0.39 is 23.2 Å². The van der Waals surface area contributed by atoms with Crippen molar-refractivity contribution in [1.29, 1.82) is 0 Å². The van der Waals surface area contributed by atoms with Gasteiger partial charge < -0.3 is 9.97 Å². The summed E-state index contributed by atoms with van der Waals surface area (Å²) in [5.41, 5.74) is 4.24. The molecule has 1 aliphatic heterocycles. The van der Waals surface area contributed by atoms with Crippen molar-refractivity contribution in [2.75, 3.05) is 5.32 Å². The average molecular weight is 409 g/mol. The lowest BCUT2D eigenvalue weighted by molar-refractivity contribution is -0.137. The van der Waals surface area contributed by atoms with Gasteiger partial charge in [-0.3, -0.25) is 4.79 Å². The van der Waals surface area contributed by atoms with Crippen LogP contribution >= 0.6 is 0 Å². The minimum Gasteiger partial charge on any atom is -0.423 e. The van der Waals surface area contributed by atoms with Gasteiger partial charge in [-0.25, -0.2) is 0 Å². The van der Waals surface area contributed by atoms with Crippen LogP contribution in [-0.4, -0.2) is 12.8 Å². The van der Waals surface area contributed by atoms with E-state index in [1.54, 1.807) is 12.1 Å². The molecule has 0 aromatic heterocycles. The maximum atomic E-state index is 13.2. The highest BCUT2D eigenvalue weighted by molar-refractivity contribution is 6.81. The third kappa shape index (κ3) is 3.73. The quantitative estimate of drug-likeness (QED) is 0.659. The molecule has 0 aliphatic carbocycles. The molecule has 0 saturated heterocycles. The first-order chi connectivity index (χ1) is 14.3. The lowest BCUT2D eigenvalue weighted by Crippen LogP contribution is -2.44. The predicted octanol–water partition coefficient (Wildman–Crippen LogP) is 4.21. The molecular weight excluding hydrogens is 390 g/mol. The molecule has 1 heterocycles. The van der Waals surface area contributed by atoms with Crippen LogP contribution in [0.2, 0.25) is 0 Å². The van der Waals surface area contributed by atoms with Gasteiger partial charge in [0.1, 0.15) is 0 Å². The van der Waals surface area contributed by atoms with Crippen LogP contribution in [0.1, 0.15) is 32.6 Å². The first kappa shape index (κ1) is 20.2. The third-order valence-electron chi connectivity index (χ3n) is 5.37. The third-order valence-corrected chi connectivity index (χ3v) is 5.37. The Morgan fingerprint density at radius 3 is 2.40 bits per heavy atom. The number of halogens is 3. The highest BCUT2D eigenvalue weighted by Gasteiger charge is 2.35. The molecule has 0 bridgehead atoms. The summed E-state index contributed by atoms with van der Waals surface area (Å²) < 4.78 is 45.8. The second-order valence-corrected chi connectivity index (χ2v) is 7.41. The fourth-order valence-electron chi connectivity index (χ4n) is 3.92. The molecule has 0 radical (unpaired) electrons. The van der Waals surface area contributed by atoms with Gasteiger partial charge in [0.25, 0.3) is 5.91 Å². The van der Waals surface area contributed by atoms with E-state index in [2.05, 4.69) is 5.32 Å². The zero-order valence-corrected chi connectivity index (χ0v) is 16.5. The van der Waals surface area contributed by atoms with Crippen molar-refractivity contribution in [3.05, 3.63) is 88.5 Å². The molecule has 0 saturated carbocycles. The zero-order chi connectivity index (χ0) is 21.5. The van der Waals surface area contributed by atoms with E-state index >= 15 is 0 Å². The van der Waals surface area contributed by atoms with Crippen LogP contribution in [0.15, 0.2) is 60.7 Å². The Labute approximate surface area is 173 Å². The Kier molecular flexibility index (Phi) is 5.16. The van der Waals surface area contributed by atoms with Crippen LogP contribution in [0.4, 0.5) is 18.9 Å². The van der Waals surface area contributed by atoms with E-state index in [-0.39, 0.29) is 6.92 Å². The van der Waals surface area contributed by atoms with Gasteiger partial charge in [0.15, 0.2) is 0 Å². The molecule has 1 N–H and O–H groups in total. The number of anilines is 1. The van der Waals surface area contributed by atoms with Crippen molar-refractivity contribution < 1.29 is 22.6 Å². The number of carbonyl (C=O) groups is 1. The van der Waals surface area contributed by atoms with Crippen LogP contribution in [0.3, 0.4) is 0 Å². The summed E-state index contributed by atoms with van der Waals surface area (Å²) in [4.78, 5) is 12.6. The molecule has 3 aromatic rings. The van der Waals surface area contributed by atoms with Crippen molar-refractivity contribution >= 4 is 29.4 Å². The summed E-state index contributed by atoms with van der Waals surface area (Å²) >= 11 is 0. The maximum absolute atomic E-state index is 13.2. The summed E-state index contributed by atoms with van der Waals surface area (Å²) in [6, 6.07) is 16.1. The minimum atomic E-state index is -4.60. The number of benzene rings is 3. The fourth-order valence-corrected chi connectivity index (χ4v) is 3.92. The summed E-state index contributed by atoms with van der Waals surface area (Å²) in [7, 11) is 0. The van der Waals surface area contributed by atoms with Crippen LogP contribution in [-0.2, 0) is 17.4 Å². The number of nitrogens with one attached hydrogen (secondary N) is 1. The Morgan fingerprint density at radius 1 is 1.00 bits per heavy atom. The molecule has 0 unspecified atom stereocenters. The number of carbonyl (C=O) groups excluding carboxylic acids is 1. The van der Waals surface area contributed by atoms with Crippen molar-refractivity contribution in [3.8, 4) is 0 Å². The second-order valence-electron chi connectivity index (χ2n) is 7.41. The molecule has 3 nitrogen and oxygen atoms in total. The normalized spacial score (nSPS) is 13.3. The predicted molar refractivity (Wildman–Crippen MR) is 112 cm³/mol. The van der Waals surface area contributed by atoms with Gasteiger partial charge in [0.2, 0.25) is 0 Å². The first-order valence-corrected chi connectivity index (χ1v) is 9.54. The highest BCUT2D eigenvalue weighted by Crippen LogP contribution is 2.32. The molecule has 3 aromatic carbocycles. The van der Waals surface area contributed by atoms with Crippen LogP contribution in [0, 0.1) is 13.8 Å². The molecule has 1 aliphatic rings. The Bertz CT molecular complexity index is 1110. The second kappa shape index (κ2) is 7.65. The van der Waals surface area contributed by atoms with E-state index in [4.69, 9.17) is 4.65 Å². The summed E-state index contributed by atoms with van der Waals surface area (Å²) in [5, 5.41) is 2.61. The van der Waals surface area contributed by atoms with E-state index in [9.17, 15) is 18.0 Å². The minimum absolute atomic E-state index is 0.277. The summed E-state index contributed by atoms with van der Waals surface area (Å²) in [6.07, 6.45) is -4.60. The molecule has 4 rings (SSSR count). The molecule has 1 amide bonds. The smallest absolute Gasteiger partial charge is 0.417 e. The van der Waals surface area contributed by atoms with Crippen LogP contribution in [0.25, 0.3) is 0 Å². The zero-order valence-electron chi connectivity index (χ0n) is 16.5. The maximum Gasteiger partial charge on any atom is 0.417 e. The Hall–Kier alpha value is -3.06. The number of hydrogen-bond donors (Lipinski definition) is 1. The van der Waals surface area contributed by atoms with Crippen molar-refractivity contribution in [2.45, 2.75) is 26.6 Å². The number of fused-ring (bicyclic) bond motifs is 1. The van der Waals surface area contributed by atoms with Crippen LogP contribution < -0.4 is 16.2 Å². The molecule has 0 spiro atoms. The van der Waals surface area contributed by atoms with Gasteiger partial charge in [-0.1, -0.05) is 47.5 Å². The lowest BCUT2D eigenvalue weighted by Gasteiger charge is -2.15. The van der Waals surface area contributed by atoms with Crippen LogP contribution in [0.5, 0.6) is 0 Å². The molecule has 0 fully saturated rings. The highest BCUT2D eigenvalue weighted by atomic mass is 19.4. The number of aryl methyl sites for hydroxylation is 2. The molecule has 0 atom stereocenters. The lowest BCUT2D eigenvalue weighted by atomic mass is 9.53. The van der Waals surface area contributed by atoms with Gasteiger partial charge in [0, 0.05) is 5.69 Å². The average Bonchev–Trinajstić information content (AvgIpc) is 3.10. The van der Waals surface area contributed by atoms with E-state index in [0.29, 0.717) is 12.3 Å². The van der Waals surface area contributed by atoms with Gasteiger partial charge in [-0.2, -0.15) is 13.2 Å². The van der Waals surface area contributed by atoms with E-state index in [0.717, 1.165) is 33.7 Å². The number of alkyl halides is 3. The van der Waals surface area contributed by atoms with Gasteiger partial charge in [0.05, 0.1) is 17.7 Å². The summed E-state index contributed by atoms with van der Waals surface area (Å²) in [5.74, 6) is -0.801. The number of hydrogen-bond acceptors (Lipinski definition) is 2. The molecule has 30 heavy (non-hydrogen) atoms. The monoisotopic (exact) mass is 409 g/mol. The summed E-state index contributed by atoms with van der Waals surface area (Å²) in [6.45, 7) is 4.20. The van der Waals surface area contributed by atoms with E-state index in [1.807, 2.05) is 38.1 Å². The van der Waals surface area contributed by atoms with Gasteiger partial charge >= 0.3 is 13.1 Å². The van der Waals surface area contributed by atoms with Crippen molar-refractivity contribution in [2.24, 2.45) is 0 Å². The Morgan fingerprint density at radius 2 is 1.70 bits per heavy atom. The standard InChI is InChI=1S/C23H19BF3NO2/c1-14-6-5-7-15(2)21(14)24-20-12-17(11-10-16(20)13-30-24)28-22(29)18-8-3-4-9-19(18)23(25,26)27/h3-12H,13H2,1-2H3,(H,28,29). The fraction of sp³-hybridized carbons (Fsp3) is 0.174.